The Kier molecular flexibility index (Phi) is 1.65. The maximum Gasteiger partial charge on any atom is 0.406 e. The number of hydrogen-bond donors (Lipinski definition) is 2. The van der Waals surface area contributed by atoms with Gasteiger partial charge in [-0.05, 0) is 0 Å². The van der Waals surface area contributed by atoms with Gasteiger partial charge in [-0.25, -0.2) is 9.00 Å². The summed E-state index contributed by atoms with van der Waals surface area (Å²) in [6.07, 6.45) is -0.169. The van der Waals surface area contributed by atoms with Crippen molar-refractivity contribution in [3.8, 4) is 0 Å². The van der Waals surface area contributed by atoms with Gasteiger partial charge < -0.3 is 15.0 Å². The zero-order chi connectivity index (χ0) is 7.78. The molecule has 0 aromatic heterocycles. The predicted octanol–water partition coefficient (Wildman–Crippen LogP) is -0.207. The van der Waals surface area contributed by atoms with Crippen molar-refractivity contribution in [3.05, 3.63) is 0 Å². The highest BCUT2D eigenvalue weighted by molar-refractivity contribution is 7.80. The number of hydrogen-bond acceptors (Lipinski definition) is 3. The molecule has 1 amide bonds. The number of rotatable bonds is 2. The summed E-state index contributed by atoms with van der Waals surface area (Å²) in [5.74, 6) is 0. The van der Waals surface area contributed by atoms with Crippen LogP contribution in [-0.2, 0) is 15.8 Å². The molecule has 10 heavy (non-hydrogen) atoms. The average Bonchev–Trinajstić information content (AvgIpc) is 2.46. The number of nitrogens with two attached hydrogens (primary N) is 1. The van der Waals surface area contributed by atoms with Crippen LogP contribution in [-0.4, -0.2) is 19.8 Å². The first-order valence-corrected chi connectivity index (χ1v) is 3.77. The molecule has 5 nitrogen and oxygen atoms in total. The molecule has 0 aromatic carbocycles. The molecule has 58 valence electrons. The lowest BCUT2D eigenvalue weighted by Gasteiger charge is -2.08. The van der Waals surface area contributed by atoms with E-state index in [0.29, 0.717) is 12.8 Å². The molecule has 6 heteroatoms. The number of primary amides is 1. The summed E-state index contributed by atoms with van der Waals surface area (Å²) in [5, 5.41) is 0. The van der Waals surface area contributed by atoms with E-state index in [4.69, 9.17) is 4.55 Å². The third-order valence-corrected chi connectivity index (χ3v) is 2.39. The smallest absolute Gasteiger partial charge is 0.406 e. The van der Waals surface area contributed by atoms with Crippen molar-refractivity contribution in [3.63, 3.8) is 0 Å². The fraction of sp³-hybridized carbons (Fsp3) is 0.750. The molecule has 1 unspecified atom stereocenters. The molecular formula is C4H7NO4S. The summed E-state index contributed by atoms with van der Waals surface area (Å²) in [6, 6.07) is 0. The van der Waals surface area contributed by atoms with E-state index in [0.717, 1.165) is 0 Å². The van der Waals surface area contributed by atoms with Gasteiger partial charge in [0.25, 0.3) is 0 Å². The topological polar surface area (TPSA) is 89.6 Å². The lowest BCUT2D eigenvalue weighted by molar-refractivity contribution is 0.130. The number of ether oxygens (including phenoxy) is 1. The number of carbonyl (C=O) groups is 1. The summed E-state index contributed by atoms with van der Waals surface area (Å²) in [6.45, 7) is 0. The Labute approximate surface area is 59.8 Å². The van der Waals surface area contributed by atoms with Gasteiger partial charge in [0.1, 0.15) is 0 Å². The maximum atomic E-state index is 10.4. The van der Waals surface area contributed by atoms with Crippen LogP contribution in [0.3, 0.4) is 0 Å². The van der Waals surface area contributed by atoms with Gasteiger partial charge >= 0.3 is 6.09 Å². The van der Waals surface area contributed by atoms with Gasteiger partial charge in [-0.15, -0.1) is 0 Å². The highest BCUT2D eigenvalue weighted by Gasteiger charge is 2.53. The quantitative estimate of drug-likeness (QED) is 0.554. The zero-order valence-electron chi connectivity index (χ0n) is 5.07. The zero-order valence-corrected chi connectivity index (χ0v) is 5.89. The van der Waals surface area contributed by atoms with Gasteiger partial charge in [-0.3, -0.25) is 0 Å². The second-order valence-corrected chi connectivity index (χ2v) is 3.32. The van der Waals surface area contributed by atoms with Crippen LogP contribution >= 0.6 is 0 Å². The molecule has 1 rings (SSSR count). The average molecular weight is 165 g/mol. The van der Waals surface area contributed by atoms with Crippen molar-refractivity contribution in [2.24, 2.45) is 5.73 Å². The molecule has 0 saturated heterocycles. The fourth-order valence-electron chi connectivity index (χ4n) is 0.598. The van der Waals surface area contributed by atoms with Gasteiger partial charge in [0.15, 0.2) is 11.1 Å². The van der Waals surface area contributed by atoms with E-state index < -0.39 is 22.1 Å². The molecule has 1 aliphatic rings. The first kappa shape index (κ1) is 7.49. The highest BCUT2D eigenvalue weighted by Crippen LogP contribution is 2.41. The van der Waals surface area contributed by atoms with Crippen molar-refractivity contribution in [2.75, 3.05) is 0 Å². The van der Waals surface area contributed by atoms with E-state index >= 15 is 0 Å². The Morgan fingerprint density at radius 1 is 1.70 bits per heavy atom. The summed E-state index contributed by atoms with van der Waals surface area (Å²) >= 11 is -2.11. The molecule has 0 radical (unpaired) electrons. The highest BCUT2D eigenvalue weighted by atomic mass is 32.2. The molecule has 1 atom stereocenters. The lowest BCUT2D eigenvalue weighted by atomic mass is 10.8. The monoisotopic (exact) mass is 165 g/mol. The minimum Gasteiger partial charge on any atom is -0.427 e. The van der Waals surface area contributed by atoms with Gasteiger partial charge in [-0.1, -0.05) is 0 Å². The molecule has 1 aliphatic carbocycles. The van der Waals surface area contributed by atoms with E-state index in [1.165, 1.54) is 0 Å². The van der Waals surface area contributed by atoms with Crippen LogP contribution in [0.5, 0.6) is 0 Å². The van der Waals surface area contributed by atoms with Crippen LogP contribution in [0.4, 0.5) is 4.79 Å². The van der Waals surface area contributed by atoms with E-state index in [1.807, 2.05) is 0 Å². The minimum absolute atomic E-state index is 0.416. The SMILES string of the molecule is NC(=O)OC1(S(=O)O)CC1. The molecule has 1 saturated carbocycles. The summed E-state index contributed by atoms with van der Waals surface area (Å²) < 4.78 is 23.3. The second kappa shape index (κ2) is 2.21. The van der Waals surface area contributed by atoms with Gasteiger partial charge in [0, 0.05) is 12.8 Å². The normalized spacial score (nSPS) is 23.3. The standard InChI is InChI=1S/C4H7NO4S/c5-3(6)9-4(1-2-4)10(7)8/h1-2H2,(H2,5,6)(H,7,8). The Balaban J connectivity index is 2.53. The lowest BCUT2D eigenvalue weighted by Crippen LogP contribution is -2.27. The van der Waals surface area contributed by atoms with Crippen molar-refractivity contribution in [1.82, 2.24) is 0 Å². The number of carbonyl (C=O) groups excluding carboxylic acids is 1. The Morgan fingerprint density at radius 2 is 2.20 bits per heavy atom. The van der Waals surface area contributed by atoms with Crippen molar-refractivity contribution in [2.45, 2.75) is 17.8 Å². The molecule has 0 spiro atoms. The summed E-state index contributed by atoms with van der Waals surface area (Å²) in [5.41, 5.74) is 4.65. The van der Waals surface area contributed by atoms with Crippen LogP contribution in [0.15, 0.2) is 0 Å². The van der Waals surface area contributed by atoms with Gasteiger partial charge in [0.05, 0.1) is 0 Å². The van der Waals surface area contributed by atoms with Crippen LogP contribution in [0, 0.1) is 0 Å². The Bertz CT molecular complexity index is 188. The molecule has 3 N–H and O–H groups in total. The molecule has 1 fully saturated rings. The van der Waals surface area contributed by atoms with E-state index in [9.17, 15) is 9.00 Å². The van der Waals surface area contributed by atoms with Crippen LogP contribution in [0.2, 0.25) is 0 Å². The third-order valence-electron chi connectivity index (χ3n) is 1.26. The van der Waals surface area contributed by atoms with Gasteiger partial charge in [0.2, 0.25) is 4.93 Å². The first-order chi connectivity index (χ1) is 4.57. The maximum absolute atomic E-state index is 10.4. The summed E-state index contributed by atoms with van der Waals surface area (Å²) in [4.78, 5) is 8.94. The largest absolute Gasteiger partial charge is 0.427 e. The van der Waals surface area contributed by atoms with Crippen LogP contribution < -0.4 is 5.73 Å². The van der Waals surface area contributed by atoms with E-state index in [1.54, 1.807) is 0 Å². The van der Waals surface area contributed by atoms with Crippen molar-refractivity contribution >= 4 is 17.2 Å². The number of amides is 1. The molecule has 0 aliphatic heterocycles. The van der Waals surface area contributed by atoms with E-state index in [2.05, 4.69) is 10.5 Å². The van der Waals surface area contributed by atoms with Gasteiger partial charge in [-0.2, -0.15) is 0 Å². The Hall–Kier alpha value is -0.620. The Morgan fingerprint density at radius 3 is 2.30 bits per heavy atom. The molecule has 0 heterocycles. The van der Waals surface area contributed by atoms with Crippen molar-refractivity contribution < 1.29 is 18.3 Å². The first-order valence-electron chi connectivity index (χ1n) is 2.66. The molecular weight excluding hydrogens is 158 g/mol. The van der Waals surface area contributed by atoms with Crippen LogP contribution in [0.25, 0.3) is 0 Å². The summed E-state index contributed by atoms with van der Waals surface area (Å²) in [7, 11) is 0. The molecule has 0 bridgehead atoms. The second-order valence-electron chi connectivity index (χ2n) is 2.08. The minimum atomic E-state index is -2.11. The van der Waals surface area contributed by atoms with E-state index in [-0.39, 0.29) is 0 Å². The molecule has 0 aromatic rings. The van der Waals surface area contributed by atoms with Crippen LogP contribution in [0.1, 0.15) is 12.8 Å². The fourth-order valence-corrected chi connectivity index (χ4v) is 1.20. The van der Waals surface area contributed by atoms with Crippen molar-refractivity contribution in [1.29, 1.82) is 0 Å². The predicted molar refractivity (Wildman–Crippen MR) is 33.4 cm³/mol. The third kappa shape index (κ3) is 1.27.